The largest absolute Gasteiger partial charge is 0.438 e. The number of hydrogen-bond donors (Lipinski definition) is 1. The summed E-state index contributed by atoms with van der Waals surface area (Å²) >= 11 is 0. The Labute approximate surface area is 66.8 Å². The van der Waals surface area contributed by atoms with Crippen LogP contribution in [0.3, 0.4) is 0 Å². The van der Waals surface area contributed by atoms with Crippen molar-refractivity contribution in [3.05, 3.63) is 0 Å². The first-order valence-corrected chi connectivity index (χ1v) is 6.05. The van der Waals surface area contributed by atoms with Gasteiger partial charge in [0.25, 0.3) is 0 Å². The van der Waals surface area contributed by atoms with Gasteiger partial charge in [0, 0.05) is 0 Å². The molecule has 1 N–H and O–H groups in total. The smallest absolute Gasteiger partial charge is 0.157 e. The molecule has 0 bridgehead atoms. The normalized spacial score (nSPS) is 14.7. The van der Waals surface area contributed by atoms with E-state index in [-0.39, 0.29) is 0 Å². The fraction of sp³-hybridized carbons (Fsp3) is 1.00. The summed E-state index contributed by atoms with van der Waals surface area (Å²) in [5.41, 5.74) is 0. The van der Waals surface area contributed by atoms with E-state index in [2.05, 4.69) is 13.8 Å². The van der Waals surface area contributed by atoms with E-state index in [4.69, 9.17) is 4.80 Å². The fourth-order valence-corrected chi connectivity index (χ4v) is 1.84. The molecule has 0 aliphatic heterocycles. The van der Waals surface area contributed by atoms with Gasteiger partial charge in [0.2, 0.25) is 0 Å². The minimum atomic E-state index is -0.668. The molecule has 0 rings (SSSR count). The van der Waals surface area contributed by atoms with Crippen LogP contribution < -0.4 is 0 Å². The first-order valence-electron chi connectivity index (χ1n) is 4.42. The molecule has 0 aliphatic carbocycles. The summed E-state index contributed by atoms with van der Waals surface area (Å²) in [4.78, 5) is 8.73. The highest BCUT2D eigenvalue weighted by molar-refractivity contribution is 6.25. The van der Waals surface area contributed by atoms with Crippen LogP contribution in [0.5, 0.6) is 0 Å². The molecule has 10 heavy (non-hydrogen) atoms. The van der Waals surface area contributed by atoms with Gasteiger partial charge in [-0.05, 0) is 12.0 Å². The molecule has 0 amide bonds. The maximum atomic E-state index is 8.73. The molecular weight excluding hydrogens is 140 g/mol. The molecule has 0 aliphatic rings. The molecule has 0 saturated carbocycles. The Morgan fingerprint density at radius 3 is 2.60 bits per heavy atom. The predicted octanol–water partition coefficient (Wildman–Crippen LogP) is 1.70. The van der Waals surface area contributed by atoms with E-state index >= 15 is 0 Å². The fourth-order valence-electron chi connectivity index (χ4n) is 1.11. The lowest BCUT2D eigenvalue weighted by Crippen LogP contribution is -1.98. The van der Waals surface area contributed by atoms with Crippen LogP contribution in [-0.2, 0) is 0 Å². The molecular formula is C8H20OSi. The third-order valence-electron chi connectivity index (χ3n) is 1.92. The highest BCUT2D eigenvalue weighted by Gasteiger charge is 1.99. The quantitative estimate of drug-likeness (QED) is 0.463. The molecule has 2 heteroatoms. The molecule has 62 valence electrons. The standard InChI is InChI=1S/C8H20OSi/c1-3-4-5-6-8(2)7-10-9/h8-9H,3-7,10H2,1-2H3. The van der Waals surface area contributed by atoms with Crippen LogP contribution in [0, 0.1) is 5.92 Å². The van der Waals surface area contributed by atoms with Crippen molar-refractivity contribution in [1.82, 2.24) is 0 Å². The van der Waals surface area contributed by atoms with E-state index in [0.29, 0.717) is 0 Å². The summed E-state index contributed by atoms with van der Waals surface area (Å²) in [5.74, 6) is 0.781. The maximum Gasteiger partial charge on any atom is 0.157 e. The zero-order valence-corrected chi connectivity index (χ0v) is 8.68. The van der Waals surface area contributed by atoms with E-state index in [1.807, 2.05) is 0 Å². The van der Waals surface area contributed by atoms with Gasteiger partial charge >= 0.3 is 0 Å². The minimum absolute atomic E-state index is 0.668. The van der Waals surface area contributed by atoms with Crippen molar-refractivity contribution in [2.45, 2.75) is 45.6 Å². The van der Waals surface area contributed by atoms with Crippen LogP contribution in [0.1, 0.15) is 39.5 Å². The highest BCUT2D eigenvalue weighted by Crippen LogP contribution is 2.11. The van der Waals surface area contributed by atoms with E-state index in [9.17, 15) is 0 Å². The Bertz CT molecular complexity index is 66.3. The second kappa shape index (κ2) is 7.29. The second-order valence-electron chi connectivity index (χ2n) is 3.11. The molecule has 0 radical (unpaired) electrons. The van der Waals surface area contributed by atoms with Gasteiger partial charge in [0.15, 0.2) is 9.76 Å². The van der Waals surface area contributed by atoms with Crippen LogP contribution in [-0.4, -0.2) is 14.6 Å². The highest BCUT2D eigenvalue weighted by atomic mass is 28.2. The maximum absolute atomic E-state index is 8.73. The summed E-state index contributed by atoms with van der Waals surface area (Å²) in [7, 11) is -0.668. The summed E-state index contributed by atoms with van der Waals surface area (Å²) in [6.07, 6.45) is 5.34. The second-order valence-corrected chi connectivity index (χ2v) is 4.14. The molecule has 0 saturated heterocycles. The average molecular weight is 160 g/mol. The molecule has 0 aromatic carbocycles. The predicted molar refractivity (Wildman–Crippen MR) is 48.9 cm³/mol. The van der Waals surface area contributed by atoms with Gasteiger partial charge < -0.3 is 4.80 Å². The molecule has 0 aromatic rings. The van der Waals surface area contributed by atoms with Crippen LogP contribution >= 0.6 is 0 Å². The third-order valence-corrected chi connectivity index (χ3v) is 3.17. The lowest BCUT2D eigenvalue weighted by atomic mass is 10.1. The van der Waals surface area contributed by atoms with Crippen molar-refractivity contribution >= 4 is 9.76 Å². The SMILES string of the molecule is CCCCCC(C)C[SiH2]O. The molecule has 0 spiro atoms. The van der Waals surface area contributed by atoms with E-state index in [1.165, 1.54) is 25.7 Å². The molecule has 1 unspecified atom stereocenters. The van der Waals surface area contributed by atoms with Gasteiger partial charge in [-0.15, -0.1) is 0 Å². The Kier molecular flexibility index (Phi) is 7.41. The number of rotatable bonds is 6. The van der Waals surface area contributed by atoms with E-state index in [1.54, 1.807) is 0 Å². The van der Waals surface area contributed by atoms with Gasteiger partial charge in [0.05, 0.1) is 0 Å². The van der Waals surface area contributed by atoms with E-state index < -0.39 is 9.76 Å². The van der Waals surface area contributed by atoms with Crippen molar-refractivity contribution in [3.63, 3.8) is 0 Å². The Hall–Kier alpha value is 0.177. The van der Waals surface area contributed by atoms with Crippen LogP contribution in [0.15, 0.2) is 0 Å². The van der Waals surface area contributed by atoms with Gasteiger partial charge in [-0.1, -0.05) is 39.5 Å². The van der Waals surface area contributed by atoms with Gasteiger partial charge in [-0.3, -0.25) is 0 Å². The van der Waals surface area contributed by atoms with Crippen molar-refractivity contribution in [1.29, 1.82) is 0 Å². The van der Waals surface area contributed by atoms with Gasteiger partial charge in [0.1, 0.15) is 0 Å². The lowest BCUT2D eigenvalue weighted by Gasteiger charge is -2.07. The van der Waals surface area contributed by atoms with Crippen LogP contribution in [0.4, 0.5) is 0 Å². The van der Waals surface area contributed by atoms with Crippen LogP contribution in [0.2, 0.25) is 6.04 Å². The number of unbranched alkanes of at least 4 members (excludes halogenated alkanes) is 2. The first-order chi connectivity index (χ1) is 4.81. The summed E-state index contributed by atoms with van der Waals surface area (Å²) < 4.78 is 0. The summed E-state index contributed by atoms with van der Waals surface area (Å²) in [5, 5.41) is 0. The molecule has 1 nitrogen and oxygen atoms in total. The Balaban J connectivity index is 2.97. The zero-order valence-electron chi connectivity index (χ0n) is 7.27. The lowest BCUT2D eigenvalue weighted by molar-refractivity contribution is 0.508. The third kappa shape index (κ3) is 6.30. The van der Waals surface area contributed by atoms with Gasteiger partial charge in [-0.2, -0.15) is 0 Å². The Morgan fingerprint density at radius 1 is 1.40 bits per heavy atom. The Morgan fingerprint density at radius 2 is 2.10 bits per heavy atom. The summed E-state index contributed by atoms with van der Waals surface area (Å²) in [6.45, 7) is 4.48. The van der Waals surface area contributed by atoms with Gasteiger partial charge in [-0.25, -0.2) is 0 Å². The topological polar surface area (TPSA) is 20.2 Å². The summed E-state index contributed by atoms with van der Waals surface area (Å²) in [6, 6.07) is 1.11. The van der Waals surface area contributed by atoms with Crippen LogP contribution in [0.25, 0.3) is 0 Å². The first kappa shape index (κ1) is 10.2. The average Bonchev–Trinajstić information content (AvgIpc) is 1.89. The van der Waals surface area contributed by atoms with E-state index in [0.717, 1.165) is 12.0 Å². The van der Waals surface area contributed by atoms with Crippen molar-refractivity contribution < 1.29 is 4.80 Å². The van der Waals surface area contributed by atoms with Crippen molar-refractivity contribution in [2.75, 3.05) is 0 Å². The molecule has 0 fully saturated rings. The molecule has 0 heterocycles. The minimum Gasteiger partial charge on any atom is -0.438 e. The zero-order chi connectivity index (χ0) is 7.82. The number of hydrogen-bond acceptors (Lipinski definition) is 1. The molecule has 0 aromatic heterocycles. The monoisotopic (exact) mass is 160 g/mol. The molecule has 1 atom stereocenters. The van der Waals surface area contributed by atoms with Crippen molar-refractivity contribution in [3.8, 4) is 0 Å². The van der Waals surface area contributed by atoms with Crippen molar-refractivity contribution in [2.24, 2.45) is 5.92 Å².